The summed E-state index contributed by atoms with van der Waals surface area (Å²) in [5.74, 6) is -4.60. The third-order valence-corrected chi connectivity index (χ3v) is 7.91. The smallest absolute Gasteiger partial charge is 0.326 e. The van der Waals surface area contributed by atoms with Gasteiger partial charge < -0.3 is 38.3 Å². The molecule has 1 fully saturated rings. The van der Waals surface area contributed by atoms with Crippen molar-refractivity contribution in [3.05, 3.63) is 71.3 Å². The highest BCUT2D eigenvalue weighted by atomic mass is 16.4. The molecule has 0 aromatic heterocycles. The number of nitrogens with one attached hydrogen (secondary N) is 4. The first kappa shape index (κ1) is 34.5. The van der Waals surface area contributed by atoms with Crippen molar-refractivity contribution in [3.63, 3.8) is 0 Å². The molecule has 3 rings (SSSR count). The van der Waals surface area contributed by atoms with Gasteiger partial charge in [-0.25, -0.2) is 4.79 Å². The zero-order chi connectivity index (χ0) is 32.8. The highest BCUT2D eigenvalue weighted by Gasteiger charge is 2.36. The highest BCUT2D eigenvalue weighted by Crippen LogP contribution is 2.27. The summed E-state index contributed by atoms with van der Waals surface area (Å²) in [6.07, 6.45) is 4.54. The Morgan fingerprint density at radius 1 is 0.867 bits per heavy atom. The molecule has 1 aliphatic rings. The molecule has 1 saturated carbocycles. The topological polar surface area (TPSA) is 239 Å². The van der Waals surface area contributed by atoms with Crippen LogP contribution in [0, 0.1) is 17.2 Å². The lowest BCUT2D eigenvalue weighted by Crippen LogP contribution is -2.57. The number of aliphatic carboxylic acids is 1. The molecule has 1 aliphatic carbocycles. The summed E-state index contributed by atoms with van der Waals surface area (Å²) in [6, 6.07) is 13.7. The van der Waals surface area contributed by atoms with Crippen molar-refractivity contribution < 1.29 is 24.3 Å². The number of carboxylic acids is 1. The number of aliphatic imine (C=N–C) groups is 1. The molecule has 45 heavy (non-hydrogen) atoms. The normalized spacial score (nSPS) is 15.1. The number of hydrogen-bond donors (Lipinski definition) is 8. The van der Waals surface area contributed by atoms with E-state index < -0.39 is 41.7 Å². The SMILES string of the molecule is N=C(N)c1ccc(C[C@@H](C(=O)NCc2ccccc2)C(=O)N[C@H](C(=O)NC(CCCN=C(N)N)C(=O)O)C2CCCCC2)cc1. The van der Waals surface area contributed by atoms with Crippen molar-refractivity contribution >= 4 is 35.5 Å². The Hall–Kier alpha value is -4.94. The van der Waals surface area contributed by atoms with E-state index in [2.05, 4.69) is 20.9 Å². The lowest BCUT2D eigenvalue weighted by molar-refractivity contribution is -0.143. The number of rotatable bonds is 16. The number of carbonyl (C=O) groups is 4. The van der Waals surface area contributed by atoms with Gasteiger partial charge in [-0.3, -0.25) is 24.8 Å². The number of benzene rings is 2. The Kier molecular flexibility index (Phi) is 13.3. The molecule has 0 radical (unpaired) electrons. The van der Waals surface area contributed by atoms with Gasteiger partial charge in [-0.15, -0.1) is 0 Å². The predicted octanol–water partition coefficient (Wildman–Crippen LogP) is 1.13. The number of amides is 3. The number of nitrogens with zero attached hydrogens (tertiary/aromatic N) is 1. The van der Waals surface area contributed by atoms with Crippen LogP contribution in [-0.4, -0.2) is 59.2 Å². The molecule has 0 spiro atoms. The van der Waals surface area contributed by atoms with E-state index in [4.69, 9.17) is 22.6 Å². The molecule has 242 valence electrons. The minimum atomic E-state index is -1.21. The number of nitrogen functional groups attached to an aromatic ring is 1. The molecule has 0 saturated heterocycles. The minimum absolute atomic E-state index is 0.0339. The summed E-state index contributed by atoms with van der Waals surface area (Å²) in [7, 11) is 0. The van der Waals surface area contributed by atoms with Crippen molar-refractivity contribution in [2.45, 2.75) is 70.0 Å². The number of hydrogen-bond acceptors (Lipinski definition) is 6. The van der Waals surface area contributed by atoms with E-state index in [1.807, 2.05) is 30.3 Å². The Morgan fingerprint density at radius 3 is 2.13 bits per heavy atom. The molecule has 3 amide bonds. The van der Waals surface area contributed by atoms with Gasteiger partial charge in [0.1, 0.15) is 23.8 Å². The molecule has 0 aliphatic heterocycles. The van der Waals surface area contributed by atoms with Gasteiger partial charge >= 0.3 is 5.97 Å². The molecular weight excluding hydrogens is 576 g/mol. The van der Waals surface area contributed by atoms with E-state index in [9.17, 15) is 24.3 Å². The van der Waals surface area contributed by atoms with Crippen molar-refractivity contribution in [2.24, 2.45) is 34.0 Å². The maximum Gasteiger partial charge on any atom is 0.326 e. The molecule has 2 aromatic carbocycles. The molecule has 0 heterocycles. The van der Waals surface area contributed by atoms with Crippen LogP contribution in [0.15, 0.2) is 59.6 Å². The average Bonchev–Trinajstić information content (AvgIpc) is 3.03. The Bertz CT molecular complexity index is 1340. The largest absolute Gasteiger partial charge is 0.480 e. The number of carboxylic acid groups (broad SMARTS) is 1. The van der Waals surface area contributed by atoms with Crippen LogP contribution in [0.25, 0.3) is 0 Å². The second-order valence-electron chi connectivity index (χ2n) is 11.3. The fraction of sp³-hybridized carbons (Fsp3) is 0.438. The van der Waals surface area contributed by atoms with Crippen LogP contribution >= 0.6 is 0 Å². The van der Waals surface area contributed by atoms with Gasteiger partial charge in [0.25, 0.3) is 0 Å². The van der Waals surface area contributed by atoms with Gasteiger partial charge in [-0.1, -0.05) is 73.9 Å². The second kappa shape index (κ2) is 17.4. The van der Waals surface area contributed by atoms with Crippen LogP contribution in [0.5, 0.6) is 0 Å². The third-order valence-electron chi connectivity index (χ3n) is 7.91. The summed E-state index contributed by atoms with van der Waals surface area (Å²) in [5, 5.41) is 25.7. The van der Waals surface area contributed by atoms with Crippen LogP contribution in [0.3, 0.4) is 0 Å². The summed E-state index contributed by atoms with van der Waals surface area (Å²) < 4.78 is 0. The number of amidine groups is 1. The van der Waals surface area contributed by atoms with E-state index in [1.54, 1.807) is 24.3 Å². The van der Waals surface area contributed by atoms with Gasteiger partial charge in [0, 0.05) is 18.7 Å². The average molecular weight is 621 g/mol. The second-order valence-corrected chi connectivity index (χ2v) is 11.3. The third kappa shape index (κ3) is 11.2. The molecule has 3 atom stereocenters. The van der Waals surface area contributed by atoms with Crippen molar-refractivity contribution in [2.75, 3.05) is 6.54 Å². The van der Waals surface area contributed by atoms with Crippen molar-refractivity contribution in [3.8, 4) is 0 Å². The number of guanidine groups is 1. The summed E-state index contributed by atoms with van der Waals surface area (Å²) in [6.45, 7) is 0.414. The zero-order valence-corrected chi connectivity index (χ0v) is 25.3. The van der Waals surface area contributed by atoms with Gasteiger partial charge in [-0.05, 0) is 49.1 Å². The minimum Gasteiger partial charge on any atom is -0.480 e. The van der Waals surface area contributed by atoms with Gasteiger partial charge in [0.05, 0.1) is 0 Å². The van der Waals surface area contributed by atoms with E-state index in [0.29, 0.717) is 30.4 Å². The lowest BCUT2D eigenvalue weighted by atomic mass is 9.83. The van der Waals surface area contributed by atoms with E-state index in [1.165, 1.54) is 0 Å². The number of nitrogens with two attached hydrogens (primary N) is 3. The standard InChI is InChI=1S/C32H44N8O5/c33-27(34)23-15-13-20(14-16-23)18-24(28(41)38-19-21-8-3-1-4-9-21)29(42)40-26(22-10-5-2-6-11-22)30(43)39-25(31(44)45)12-7-17-37-32(35)36/h1,3-4,8-9,13-16,22,24-26H,2,5-7,10-12,17-19H2,(H3,33,34)(H,38,41)(H,39,43)(H,40,42)(H,44,45)(H4,35,36,37)/t24-,25?,26-/m0/s1. The molecule has 13 heteroatoms. The van der Waals surface area contributed by atoms with Gasteiger partial charge in [0.15, 0.2) is 5.96 Å². The Labute approximate surface area is 262 Å². The van der Waals surface area contributed by atoms with Crippen molar-refractivity contribution in [1.82, 2.24) is 16.0 Å². The van der Waals surface area contributed by atoms with Crippen molar-refractivity contribution in [1.29, 1.82) is 5.41 Å². The van der Waals surface area contributed by atoms with Gasteiger partial charge in [-0.2, -0.15) is 0 Å². The van der Waals surface area contributed by atoms with Crippen LogP contribution in [0.4, 0.5) is 0 Å². The lowest BCUT2D eigenvalue weighted by Gasteiger charge is -2.32. The maximum atomic E-state index is 13.9. The predicted molar refractivity (Wildman–Crippen MR) is 171 cm³/mol. The molecule has 1 unspecified atom stereocenters. The fourth-order valence-electron chi connectivity index (χ4n) is 5.41. The Balaban J connectivity index is 1.81. The van der Waals surface area contributed by atoms with E-state index in [0.717, 1.165) is 24.8 Å². The van der Waals surface area contributed by atoms with Crippen LogP contribution in [0.1, 0.15) is 61.6 Å². The zero-order valence-electron chi connectivity index (χ0n) is 25.3. The molecule has 11 N–H and O–H groups in total. The van der Waals surface area contributed by atoms with E-state index >= 15 is 0 Å². The summed E-state index contributed by atoms with van der Waals surface area (Å²) >= 11 is 0. The summed E-state index contributed by atoms with van der Waals surface area (Å²) in [5.41, 5.74) is 18.3. The quantitative estimate of drug-likeness (QED) is 0.0584. The molecular formula is C32H44N8O5. The molecule has 13 nitrogen and oxygen atoms in total. The molecule has 2 aromatic rings. The number of carbonyl (C=O) groups excluding carboxylic acids is 3. The monoisotopic (exact) mass is 620 g/mol. The maximum absolute atomic E-state index is 13.9. The first-order valence-corrected chi connectivity index (χ1v) is 15.2. The highest BCUT2D eigenvalue weighted by molar-refractivity contribution is 6.02. The van der Waals surface area contributed by atoms with Crippen LogP contribution < -0.4 is 33.2 Å². The first-order valence-electron chi connectivity index (χ1n) is 15.2. The van der Waals surface area contributed by atoms with Crippen LogP contribution in [0.2, 0.25) is 0 Å². The summed E-state index contributed by atoms with van der Waals surface area (Å²) in [4.78, 5) is 56.8. The van der Waals surface area contributed by atoms with E-state index in [-0.39, 0.29) is 43.6 Å². The Morgan fingerprint density at radius 2 is 1.53 bits per heavy atom. The first-order chi connectivity index (χ1) is 21.5. The van der Waals surface area contributed by atoms with Gasteiger partial charge in [0.2, 0.25) is 17.7 Å². The van der Waals surface area contributed by atoms with Crippen LogP contribution in [-0.2, 0) is 32.1 Å². The molecule has 0 bridgehead atoms. The fourth-order valence-corrected chi connectivity index (χ4v) is 5.41.